The molecule has 3 aromatic rings. The molecule has 0 aliphatic rings. The Bertz CT molecular complexity index is 833. The van der Waals surface area contributed by atoms with Crippen molar-refractivity contribution in [3.63, 3.8) is 0 Å². The van der Waals surface area contributed by atoms with Gasteiger partial charge in [0.25, 0.3) is 0 Å². The molecule has 0 radical (unpaired) electrons. The molecule has 0 saturated carbocycles. The number of aromatic nitrogens is 3. The van der Waals surface area contributed by atoms with Crippen molar-refractivity contribution in [2.75, 3.05) is 5.32 Å². The molecule has 0 atom stereocenters. The third-order valence-electron chi connectivity index (χ3n) is 3.14. The lowest BCUT2D eigenvalue weighted by Gasteiger charge is -2.12. The van der Waals surface area contributed by atoms with Crippen LogP contribution in [0.15, 0.2) is 48.7 Å². The molecule has 0 amide bonds. The molecule has 23 heavy (non-hydrogen) atoms. The summed E-state index contributed by atoms with van der Waals surface area (Å²) in [5, 5.41) is 6.73. The van der Waals surface area contributed by atoms with Gasteiger partial charge in [0.15, 0.2) is 10.8 Å². The van der Waals surface area contributed by atoms with Gasteiger partial charge in [0.1, 0.15) is 11.3 Å². The van der Waals surface area contributed by atoms with Crippen LogP contribution in [0, 0.1) is 0 Å². The van der Waals surface area contributed by atoms with Gasteiger partial charge in [0.2, 0.25) is 0 Å². The van der Waals surface area contributed by atoms with Crippen molar-refractivity contribution in [3.8, 4) is 11.3 Å². The zero-order chi connectivity index (χ0) is 16.2. The van der Waals surface area contributed by atoms with Crippen molar-refractivity contribution in [1.29, 1.82) is 0 Å². The van der Waals surface area contributed by atoms with Crippen LogP contribution in [0.1, 0.15) is 13.8 Å². The summed E-state index contributed by atoms with van der Waals surface area (Å²) < 4.78 is 0. The third-order valence-corrected chi connectivity index (χ3v) is 3.36. The Labute approximate surface area is 140 Å². The first-order chi connectivity index (χ1) is 11.1. The summed E-state index contributed by atoms with van der Waals surface area (Å²) in [6.45, 7) is 4.05. The first kappa shape index (κ1) is 15.3. The molecular formula is C17H17N5S. The topological polar surface area (TPSA) is 62.7 Å². The molecule has 2 heterocycles. The lowest BCUT2D eigenvalue weighted by molar-refractivity contribution is 0.739. The van der Waals surface area contributed by atoms with Crippen LogP contribution in [-0.2, 0) is 0 Å². The molecule has 0 fully saturated rings. The Hall–Kier alpha value is -2.60. The summed E-state index contributed by atoms with van der Waals surface area (Å²) in [6.07, 6.45) is 1.76. The highest BCUT2D eigenvalue weighted by atomic mass is 32.1. The van der Waals surface area contributed by atoms with Crippen LogP contribution in [0.3, 0.4) is 0 Å². The van der Waals surface area contributed by atoms with E-state index in [4.69, 9.17) is 12.2 Å². The van der Waals surface area contributed by atoms with Gasteiger partial charge in [0, 0.05) is 11.6 Å². The maximum absolute atomic E-state index is 5.24. The average molecular weight is 323 g/mol. The van der Waals surface area contributed by atoms with Crippen molar-refractivity contribution in [2.24, 2.45) is 0 Å². The van der Waals surface area contributed by atoms with Crippen molar-refractivity contribution < 1.29 is 0 Å². The van der Waals surface area contributed by atoms with E-state index in [0.717, 1.165) is 16.8 Å². The van der Waals surface area contributed by atoms with Crippen LogP contribution >= 0.6 is 12.2 Å². The van der Waals surface area contributed by atoms with Crippen LogP contribution in [-0.4, -0.2) is 26.1 Å². The smallest absolute Gasteiger partial charge is 0.180 e. The fraction of sp³-hybridized carbons (Fsp3) is 0.176. The van der Waals surface area contributed by atoms with E-state index in [0.29, 0.717) is 16.6 Å². The third kappa shape index (κ3) is 3.78. The lowest BCUT2D eigenvalue weighted by atomic mass is 10.2. The molecule has 0 aliphatic heterocycles. The molecule has 0 unspecified atom stereocenters. The van der Waals surface area contributed by atoms with Gasteiger partial charge in [-0.05, 0) is 38.2 Å². The number of nitrogens with one attached hydrogen (secondary N) is 2. The monoisotopic (exact) mass is 323 g/mol. The number of pyridine rings is 1. The summed E-state index contributed by atoms with van der Waals surface area (Å²) in [7, 11) is 0. The van der Waals surface area contributed by atoms with E-state index in [-0.39, 0.29) is 6.04 Å². The summed E-state index contributed by atoms with van der Waals surface area (Å²) in [5.74, 6) is 0.648. The Morgan fingerprint density at radius 2 is 1.83 bits per heavy atom. The van der Waals surface area contributed by atoms with Gasteiger partial charge in [-0.15, -0.1) is 0 Å². The average Bonchev–Trinajstić information content (AvgIpc) is 2.54. The number of hydrogen-bond acceptors (Lipinski definition) is 4. The Balaban J connectivity index is 1.90. The molecule has 0 saturated heterocycles. The molecule has 0 aliphatic carbocycles. The van der Waals surface area contributed by atoms with Crippen molar-refractivity contribution in [3.05, 3.63) is 48.7 Å². The highest BCUT2D eigenvalue weighted by Crippen LogP contribution is 2.18. The minimum Gasteiger partial charge on any atom is -0.360 e. The molecular weight excluding hydrogens is 306 g/mol. The zero-order valence-corrected chi connectivity index (χ0v) is 13.8. The van der Waals surface area contributed by atoms with E-state index in [1.165, 1.54) is 0 Å². The molecule has 2 aromatic heterocycles. The van der Waals surface area contributed by atoms with Crippen molar-refractivity contribution >= 4 is 34.3 Å². The van der Waals surface area contributed by atoms with Gasteiger partial charge in [0.05, 0.1) is 11.9 Å². The van der Waals surface area contributed by atoms with Gasteiger partial charge >= 0.3 is 0 Å². The van der Waals surface area contributed by atoms with Crippen LogP contribution in [0.2, 0.25) is 0 Å². The number of benzene rings is 1. The fourth-order valence-electron chi connectivity index (χ4n) is 2.13. The van der Waals surface area contributed by atoms with Crippen molar-refractivity contribution in [2.45, 2.75) is 19.9 Å². The SMILES string of the molecule is CC(C)NC(=S)Nc1ccc2ncc(-c3ccccc3)nc2n1. The molecule has 0 spiro atoms. The largest absolute Gasteiger partial charge is 0.360 e. The summed E-state index contributed by atoms with van der Waals surface area (Å²) in [4.78, 5) is 13.5. The quantitative estimate of drug-likeness (QED) is 0.721. The van der Waals surface area contributed by atoms with E-state index in [1.54, 1.807) is 6.20 Å². The lowest BCUT2D eigenvalue weighted by Crippen LogP contribution is -2.34. The highest BCUT2D eigenvalue weighted by Gasteiger charge is 2.06. The van der Waals surface area contributed by atoms with Gasteiger partial charge in [-0.1, -0.05) is 30.3 Å². The second-order valence-electron chi connectivity index (χ2n) is 5.41. The second kappa shape index (κ2) is 6.66. The number of anilines is 1. The number of nitrogens with zero attached hydrogens (tertiary/aromatic N) is 3. The molecule has 3 rings (SSSR count). The maximum atomic E-state index is 5.24. The maximum Gasteiger partial charge on any atom is 0.180 e. The molecule has 6 heteroatoms. The summed E-state index contributed by atoms with van der Waals surface area (Å²) >= 11 is 5.24. The van der Waals surface area contributed by atoms with E-state index < -0.39 is 0 Å². The first-order valence-electron chi connectivity index (χ1n) is 7.38. The molecule has 1 aromatic carbocycles. The van der Waals surface area contributed by atoms with Crippen LogP contribution in [0.25, 0.3) is 22.4 Å². The van der Waals surface area contributed by atoms with E-state index >= 15 is 0 Å². The summed E-state index contributed by atoms with van der Waals surface area (Å²) in [6, 6.07) is 13.9. The Morgan fingerprint density at radius 1 is 1.04 bits per heavy atom. The molecule has 2 N–H and O–H groups in total. The van der Waals surface area contributed by atoms with E-state index in [9.17, 15) is 0 Å². The van der Waals surface area contributed by atoms with Gasteiger partial charge in [-0.2, -0.15) is 0 Å². The fourth-order valence-corrected chi connectivity index (χ4v) is 2.47. The summed E-state index contributed by atoms with van der Waals surface area (Å²) in [5.41, 5.74) is 3.14. The standard InChI is InChI=1S/C17H17N5S/c1-11(2)19-17(23)22-15-9-8-13-16(21-15)20-14(10-18-13)12-6-4-3-5-7-12/h3-11H,1-2H3,(H2,19,20,21,22,23). The molecule has 5 nitrogen and oxygen atoms in total. The van der Waals surface area contributed by atoms with E-state index in [1.807, 2.05) is 56.3 Å². The van der Waals surface area contributed by atoms with Gasteiger partial charge in [-0.3, -0.25) is 4.98 Å². The van der Waals surface area contributed by atoms with Crippen LogP contribution in [0.4, 0.5) is 5.82 Å². The van der Waals surface area contributed by atoms with Crippen molar-refractivity contribution in [1.82, 2.24) is 20.3 Å². The normalized spacial score (nSPS) is 10.7. The van der Waals surface area contributed by atoms with E-state index in [2.05, 4.69) is 25.6 Å². The predicted molar refractivity (Wildman–Crippen MR) is 97.3 cm³/mol. The predicted octanol–water partition coefficient (Wildman–Crippen LogP) is 3.39. The number of fused-ring (bicyclic) bond motifs is 1. The zero-order valence-electron chi connectivity index (χ0n) is 12.9. The van der Waals surface area contributed by atoms with Gasteiger partial charge in [-0.25, -0.2) is 9.97 Å². The minimum atomic E-state index is 0.264. The molecule has 116 valence electrons. The van der Waals surface area contributed by atoms with Crippen LogP contribution < -0.4 is 10.6 Å². The Kier molecular flexibility index (Phi) is 4.43. The first-order valence-corrected chi connectivity index (χ1v) is 7.79. The number of thiocarbonyl (C=S) groups is 1. The molecule has 0 bridgehead atoms. The van der Waals surface area contributed by atoms with Crippen LogP contribution in [0.5, 0.6) is 0 Å². The number of rotatable bonds is 3. The second-order valence-corrected chi connectivity index (χ2v) is 5.82. The number of hydrogen-bond donors (Lipinski definition) is 2. The Morgan fingerprint density at radius 3 is 2.57 bits per heavy atom. The van der Waals surface area contributed by atoms with Gasteiger partial charge < -0.3 is 10.6 Å². The highest BCUT2D eigenvalue weighted by molar-refractivity contribution is 7.80. The minimum absolute atomic E-state index is 0.264.